The number of hydrogen-bond donors (Lipinski definition) is 2. The summed E-state index contributed by atoms with van der Waals surface area (Å²) in [6.07, 6.45) is 1.63. The maximum atomic E-state index is 12.1. The van der Waals surface area contributed by atoms with Crippen LogP contribution in [0.4, 0.5) is 0 Å². The molecule has 1 aliphatic heterocycles. The van der Waals surface area contributed by atoms with Gasteiger partial charge >= 0.3 is 0 Å². The fraction of sp³-hybridized carbons (Fsp3) is 0. The number of benzene rings is 2. The normalized spacial score (nSPS) is 16.0. The number of carbonyl (C=O) groups excluding carboxylic acids is 1. The molecule has 2 aromatic rings. The number of carbonyl (C=O) groups is 1. The lowest BCUT2D eigenvalue weighted by Gasteiger charge is -2.07. The molecule has 0 bridgehead atoms. The van der Waals surface area contributed by atoms with Crippen LogP contribution in [0.5, 0.6) is 11.5 Å². The first kappa shape index (κ1) is 16.3. The van der Waals surface area contributed by atoms with Gasteiger partial charge in [0.25, 0.3) is 5.91 Å². The number of phenolic OH excluding ortho intramolecular Hbond substituents is 2. The molecule has 0 saturated heterocycles. The van der Waals surface area contributed by atoms with E-state index in [9.17, 15) is 15.0 Å². The molecule has 2 N–H and O–H groups in total. The molecule has 0 aliphatic carbocycles. The summed E-state index contributed by atoms with van der Waals surface area (Å²) in [5.41, 5.74) is 1.44. The lowest BCUT2D eigenvalue weighted by atomic mass is 10.2. The predicted molar refractivity (Wildman–Crippen MR) is 98.7 cm³/mol. The Bertz CT molecular complexity index is 863. The van der Waals surface area contributed by atoms with Crippen molar-refractivity contribution in [1.29, 1.82) is 0 Å². The van der Waals surface area contributed by atoms with Gasteiger partial charge in [0.1, 0.15) is 5.04 Å². The van der Waals surface area contributed by atoms with E-state index in [4.69, 9.17) is 0 Å². The Morgan fingerprint density at radius 3 is 2.48 bits per heavy atom. The van der Waals surface area contributed by atoms with Gasteiger partial charge in [0.2, 0.25) is 0 Å². The van der Waals surface area contributed by atoms with Crippen LogP contribution in [-0.4, -0.2) is 21.2 Å². The Morgan fingerprint density at radius 1 is 1.09 bits per heavy atom. The summed E-state index contributed by atoms with van der Waals surface area (Å²) in [6, 6.07) is 11.1. The minimum atomic E-state index is -0.329. The van der Waals surface area contributed by atoms with Gasteiger partial charge in [-0.25, -0.2) is 4.99 Å². The van der Waals surface area contributed by atoms with Crippen molar-refractivity contribution in [2.75, 3.05) is 0 Å². The van der Waals surface area contributed by atoms with Gasteiger partial charge in [0, 0.05) is 5.56 Å². The van der Waals surface area contributed by atoms with E-state index in [2.05, 4.69) is 36.9 Å². The van der Waals surface area contributed by atoms with Crippen molar-refractivity contribution in [3.8, 4) is 11.5 Å². The Labute approximate surface area is 153 Å². The van der Waals surface area contributed by atoms with Crippen LogP contribution < -0.4 is 0 Å². The number of nitrogens with zero attached hydrogens (tertiary/aromatic N) is 1. The second-order valence-corrected chi connectivity index (χ2v) is 7.34. The lowest BCUT2D eigenvalue weighted by molar-refractivity contribution is -0.113. The minimum absolute atomic E-state index is 0.259. The molecule has 0 spiro atoms. The standard InChI is InChI=1S/C16H9Br2NO3S/c17-10-6-9(12(18)14(21)13(10)20)7-11-15(22)19-16(23-11)8-4-2-1-3-5-8/h1-7,20-21H/b11-7+. The molecular weight excluding hydrogens is 446 g/mol. The largest absolute Gasteiger partial charge is 0.503 e. The van der Waals surface area contributed by atoms with Crippen LogP contribution in [0.2, 0.25) is 0 Å². The summed E-state index contributed by atoms with van der Waals surface area (Å²) >= 11 is 7.66. The van der Waals surface area contributed by atoms with E-state index in [0.29, 0.717) is 24.5 Å². The third-order valence-corrected chi connectivity index (χ3v) is 5.59. The van der Waals surface area contributed by atoms with E-state index in [1.165, 1.54) is 11.8 Å². The van der Waals surface area contributed by atoms with Gasteiger partial charge in [0.05, 0.1) is 13.9 Å². The topological polar surface area (TPSA) is 69.9 Å². The molecule has 2 aromatic carbocycles. The van der Waals surface area contributed by atoms with Crippen molar-refractivity contribution >= 4 is 60.6 Å². The van der Waals surface area contributed by atoms with Crippen molar-refractivity contribution < 1.29 is 15.0 Å². The van der Waals surface area contributed by atoms with Crippen molar-refractivity contribution in [3.05, 3.63) is 61.4 Å². The summed E-state index contributed by atoms with van der Waals surface area (Å²) in [6.45, 7) is 0. The summed E-state index contributed by atoms with van der Waals surface area (Å²) < 4.78 is 0.650. The first-order valence-corrected chi connectivity index (χ1v) is 8.85. The first-order valence-electron chi connectivity index (χ1n) is 6.45. The smallest absolute Gasteiger partial charge is 0.284 e. The van der Waals surface area contributed by atoms with Gasteiger partial charge in [-0.3, -0.25) is 4.79 Å². The highest BCUT2D eigenvalue weighted by molar-refractivity contribution is 9.11. The first-order chi connectivity index (χ1) is 11.0. The van der Waals surface area contributed by atoms with Gasteiger partial charge < -0.3 is 10.2 Å². The number of thioether (sulfide) groups is 1. The monoisotopic (exact) mass is 453 g/mol. The van der Waals surface area contributed by atoms with Gasteiger partial charge in [-0.1, -0.05) is 42.1 Å². The third-order valence-electron chi connectivity index (χ3n) is 3.12. The van der Waals surface area contributed by atoms with E-state index >= 15 is 0 Å². The van der Waals surface area contributed by atoms with Crippen LogP contribution in [0.3, 0.4) is 0 Å². The summed E-state index contributed by atoms with van der Waals surface area (Å²) in [5, 5.41) is 20.2. The number of phenols is 2. The van der Waals surface area contributed by atoms with Gasteiger partial charge in [-0.05, 0) is 49.6 Å². The number of aliphatic imine (C=N–C) groups is 1. The molecule has 0 unspecified atom stereocenters. The van der Waals surface area contributed by atoms with Crippen LogP contribution in [0.15, 0.2) is 55.2 Å². The van der Waals surface area contributed by atoms with E-state index in [1.807, 2.05) is 30.3 Å². The van der Waals surface area contributed by atoms with Crippen molar-refractivity contribution in [2.24, 2.45) is 4.99 Å². The second-order valence-electron chi connectivity index (χ2n) is 4.66. The molecule has 4 nitrogen and oxygen atoms in total. The Morgan fingerprint density at radius 2 is 1.78 bits per heavy atom. The Balaban J connectivity index is 1.96. The highest BCUT2D eigenvalue weighted by Gasteiger charge is 2.24. The van der Waals surface area contributed by atoms with E-state index in [0.717, 1.165) is 5.56 Å². The fourth-order valence-corrected chi connectivity index (χ4v) is 3.74. The molecule has 1 heterocycles. The van der Waals surface area contributed by atoms with Crippen LogP contribution in [0, 0.1) is 0 Å². The zero-order valence-electron chi connectivity index (χ0n) is 11.5. The van der Waals surface area contributed by atoms with E-state index < -0.39 is 0 Å². The van der Waals surface area contributed by atoms with Crippen LogP contribution >= 0.6 is 43.6 Å². The molecule has 0 fully saturated rings. The predicted octanol–water partition coefficient (Wildman–Crippen LogP) is 4.68. The van der Waals surface area contributed by atoms with Crippen molar-refractivity contribution in [3.63, 3.8) is 0 Å². The molecule has 23 heavy (non-hydrogen) atoms. The minimum Gasteiger partial charge on any atom is -0.503 e. The lowest BCUT2D eigenvalue weighted by Crippen LogP contribution is -1.89. The quantitative estimate of drug-likeness (QED) is 0.510. The zero-order valence-corrected chi connectivity index (χ0v) is 15.4. The maximum Gasteiger partial charge on any atom is 0.284 e. The molecule has 7 heteroatoms. The van der Waals surface area contributed by atoms with Crippen molar-refractivity contribution in [1.82, 2.24) is 0 Å². The summed E-state index contributed by atoms with van der Waals surface area (Å²) in [5.74, 6) is -0.874. The summed E-state index contributed by atoms with van der Waals surface area (Å²) in [7, 11) is 0. The number of amides is 1. The molecule has 0 radical (unpaired) electrons. The van der Waals surface area contributed by atoms with E-state index in [-0.39, 0.29) is 17.4 Å². The molecule has 3 rings (SSSR count). The molecule has 1 amide bonds. The summed E-state index contributed by atoms with van der Waals surface area (Å²) in [4.78, 5) is 16.6. The van der Waals surface area contributed by atoms with Crippen LogP contribution in [0.1, 0.15) is 11.1 Å². The third kappa shape index (κ3) is 3.22. The molecule has 1 aliphatic rings. The number of halogens is 2. The number of aromatic hydroxyl groups is 2. The number of rotatable bonds is 2. The average Bonchev–Trinajstić information content (AvgIpc) is 2.92. The molecule has 0 saturated carbocycles. The SMILES string of the molecule is O=C1N=C(c2ccccc2)S/C1=C/c1cc(Br)c(O)c(O)c1Br. The van der Waals surface area contributed by atoms with Gasteiger partial charge in [-0.15, -0.1) is 0 Å². The van der Waals surface area contributed by atoms with Gasteiger partial charge in [-0.2, -0.15) is 0 Å². The maximum absolute atomic E-state index is 12.1. The fourth-order valence-electron chi connectivity index (χ4n) is 1.98. The average molecular weight is 455 g/mol. The molecule has 0 aromatic heterocycles. The molecule has 116 valence electrons. The Hall–Kier alpha value is -1.57. The highest BCUT2D eigenvalue weighted by Crippen LogP contribution is 2.43. The second kappa shape index (κ2) is 6.51. The Kier molecular flexibility index (Phi) is 4.61. The van der Waals surface area contributed by atoms with Crippen LogP contribution in [-0.2, 0) is 4.79 Å². The molecule has 0 atom stereocenters. The van der Waals surface area contributed by atoms with E-state index in [1.54, 1.807) is 12.1 Å². The van der Waals surface area contributed by atoms with Crippen LogP contribution in [0.25, 0.3) is 6.08 Å². The van der Waals surface area contributed by atoms with Crippen molar-refractivity contribution in [2.45, 2.75) is 0 Å². The zero-order chi connectivity index (χ0) is 16.6. The number of hydrogen-bond acceptors (Lipinski definition) is 4. The molecular formula is C16H9Br2NO3S. The highest BCUT2D eigenvalue weighted by atomic mass is 79.9. The van der Waals surface area contributed by atoms with Gasteiger partial charge in [0.15, 0.2) is 11.5 Å².